The predicted octanol–water partition coefficient (Wildman–Crippen LogP) is 1.77. The summed E-state index contributed by atoms with van der Waals surface area (Å²) in [5, 5.41) is 0. The molecule has 156 valence electrons. The number of piperidine rings is 2. The quantitative estimate of drug-likeness (QED) is 0.697. The number of nitrogens with zero attached hydrogens (tertiary/aromatic N) is 2. The Kier molecular flexibility index (Phi) is 6.85. The molecule has 0 atom stereocenters. The van der Waals surface area contributed by atoms with Crippen LogP contribution in [0.15, 0.2) is 24.3 Å². The normalized spacial score (nSPS) is 17.8. The van der Waals surface area contributed by atoms with Crippen molar-refractivity contribution >= 4 is 29.4 Å². The third-order valence-electron chi connectivity index (χ3n) is 5.45. The van der Waals surface area contributed by atoms with E-state index in [1.54, 1.807) is 34.1 Å². The molecule has 2 amide bonds. The van der Waals surface area contributed by atoms with E-state index in [4.69, 9.17) is 9.47 Å². The summed E-state index contributed by atoms with van der Waals surface area (Å²) in [6.07, 6.45) is 3.51. The molecule has 2 aliphatic heterocycles. The van der Waals surface area contributed by atoms with Crippen molar-refractivity contribution in [3.63, 3.8) is 0 Å². The zero-order valence-electron chi connectivity index (χ0n) is 16.6. The Bertz CT molecular complexity index is 768. The van der Waals surface area contributed by atoms with Crippen molar-refractivity contribution in [3.05, 3.63) is 29.8 Å². The van der Waals surface area contributed by atoms with Crippen LogP contribution in [0.2, 0.25) is 0 Å². The fourth-order valence-electron chi connectivity index (χ4n) is 3.69. The van der Waals surface area contributed by atoms with Gasteiger partial charge in [-0.3, -0.25) is 14.4 Å². The van der Waals surface area contributed by atoms with Crippen LogP contribution in [-0.4, -0.2) is 62.0 Å². The lowest BCUT2D eigenvalue weighted by atomic mass is 9.97. The number of carbonyl (C=O) groups excluding carboxylic acids is 4. The van der Waals surface area contributed by atoms with Gasteiger partial charge in [0.2, 0.25) is 5.91 Å². The van der Waals surface area contributed by atoms with Gasteiger partial charge in [0.15, 0.2) is 6.61 Å². The lowest BCUT2D eigenvalue weighted by Crippen LogP contribution is -2.42. The Hall–Kier alpha value is -2.90. The smallest absolute Gasteiger partial charge is 0.338 e. The molecular weight excluding hydrogens is 376 g/mol. The van der Waals surface area contributed by atoms with E-state index in [2.05, 4.69) is 0 Å². The molecular formula is C21H26N2O6. The van der Waals surface area contributed by atoms with Crippen LogP contribution < -0.4 is 4.90 Å². The van der Waals surface area contributed by atoms with E-state index >= 15 is 0 Å². The van der Waals surface area contributed by atoms with Crippen molar-refractivity contribution in [2.24, 2.45) is 5.92 Å². The maximum absolute atomic E-state index is 12.3. The van der Waals surface area contributed by atoms with E-state index in [0.717, 1.165) is 18.5 Å². The highest BCUT2D eigenvalue weighted by Crippen LogP contribution is 2.22. The minimum absolute atomic E-state index is 0.0909. The lowest BCUT2D eigenvalue weighted by molar-refractivity contribution is -0.149. The molecule has 1 aromatic rings. The van der Waals surface area contributed by atoms with Crippen LogP contribution in [0.4, 0.5) is 5.69 Å². The fraction of sp³-hybridized carbons (Fsp3) is 0.524. The number of methoxy groups -OCH3 is 1. The maximum Gasteiger partial charge on any atom is 0.338 e. The van der Waals surface area contributed by atoms with Gasteiger partial charge in [-0.1, -0.05) is 0 Å². The average Bonchev–Trinajstić information content (AvgIpc) is 2.77. The zero-order valence-corrected chi connectivity index (χ0v) is 16.6. The SMILES string of the molecule is COC(=O)C1CCN(C(=O)COC(=O)c2ccc(N3CCCCC3=O)cc2)CC1. The van der Waals surface area contributed by atoms with Crippen molar-refractivity contribution < 1.29 is 28.7 Å². The Labute approximate surface area is 169 Å². The monoisotopic (exact) mass is 402 g/mol. The molecule has 0 aliphatic carbocycles. The van der Waals surface area contributed by atoms with Gasteiger partial charge in [-0.05, 0) is 49.9 Å². The number of hydrogen-bond acceptors (Lipinski definition) is 6. The maximum atomic E-state index is 12.3. The molecule has 1 aromatic carbocycles. The minimum Gasteiger partial charge on any atom is -0.469 e. The highest BCUT2D eigenvalue weighted by atomic mass is 16.5. The van der Waals surface area contributed by atoms with Gasteiger partial charge in [0, 0.05) is 31.7 Å². The van der Waals surface area contributed by atoms with E-state index in [9.17, 15) is 19.2 Å². The van der Waals surface area contributed by atoms with Crippen LogP contribution in [0, 0.1) is 5.92 Å². The zero-order chi connectivity index (χ0) is 20.8. The second-order valence-corrected chi connectivity index (χ2v) is 7.30. The average molecular weight is 402 g/mol. The summed E-state index contributed by atoms with van der Waals surface area (Å²) in [6, 6.07) is 6.65. The molecule has 0 saturated carbocycles. The van der Waals surface area contributed by atoms with Gasteiger partial charge in [-0.15, -0.1) is 0 Å². The van der Waals surface area contributed by atoms with E-state index in [1.165, 1.54) is 7.11 Å². The molecule has 2 aliphatic rings. The number of esters is 2. The highest BCUT2D eigenvalue weighted by Gasteiger charge is 2.28. The third kappa shape index (κ3) is 5.13. The number of hydrogen-bond donors (Lipinski definition) is 0. The van der Waals surface area contributed by atoms with Crippen molar-refractivity contribution in [1.29, 1.82) is 0 Å². The Balaban J connectivity index is 1.47. The van der Waals surface area contributed by atoms with E-state index in [-0.39, 0.29) is 30.3 Å². The summed E-state index contributed by atoms with van der Waals surface area (Å²) in [5.41, 5.74) is 1.09. The number of carbonyl (C=O) groups is 4. The van der Waals surface area contributed by atoms with Crippen LogP contribution in [-0.2, 0) is 23.9 Å². The van der Waals surface area contributed by atoms with Gasteiger partial charge in [0.25, 0.3) is 5.91 Å². The number of anilines is 1. The molecule has 0 N–H and O–H groups in total. The molecule has 0 radical (unpaired) electrons. The largest absolute Gasteiger partial charge is 0.469 e. The summed E-state index contributed by atoms with van der Waals surface area (Å²) < 4.78 is 9.88. The number of amides is 2. The lowest BCUT2D eigenvalue weighted by Gasteiger charge is -2.30. The predicted molar refractivity (Wildman–Crippen MR) is 104 cm³/mol. The van der Waals surface area contributed by atoms with Gasteiger partial charge in [-0.25, -0.2) is 4.79 Å². The van der Waals surface area contributed by atoms with Crippen LogP contribution >= 0.6 is 0 Å². The summed E-state index contributed by atoms with van der Waals surface area (Å²) in [6.45, 7) is 1.22. The van der Waals surface area contributed by atoms with Crippen molar-refractivity contribution in [3.8, 4) is 0 Å². The molecule has 2 heterocycles. The van der Waals surface area contributed by atoms with Crippen LogP contribution in [0.5, 0.6) is 0 Å². The summed E-state index contributed by atoms with van der Waals surface area (Å²) in [5.74, 6) is -1.21. The summed E-state index contributed by atoms with van der Waals surface area (Å²) >= 11 is 0. The molecule has 3 rings (SSSR count). The summed E-state index contributed by atoms with van der Waals surface area (Å²) in [7, 11) is 1.36. The van der Waals surface area contributed by atoms with E-state index in [1.807, 2.05) is 0 Å². The first-order valence-electron chi connectivity index (χ1n) is 9.92. The Morgan fingerprint density at radius 1 is 1.03 bits per heavy atom. The molecule has 8 heteroatoms. The first-order chi connectivity index (χ1) is 14.0. The molecule has 0 unspecified atom stereocenters. The highest BCUT2D eigenvalue weighted by molar-refractivity contribution is 5.95. The third-order valence-corrected chi connectivity index (χ3v) is 5.45. The van der Waals surface area contributed by atoms with Gasteiger partial charge < -0.3 is 19.3 Å². The second-order valence-electron chi connectivity index (χ2n) is 7.30. The second kappa shape index (κ2) is 9.54. The molecule has 0 aromatic heterocycles. The van der Waals surface area contributed by atoms with Gasteiger partial charge in [-0.2, -0.15) is 0 Å². The van der Waals surface area contributed by atoms with Gasteiger partial charge in [0.05, 0.1) is 18.6 Å². The van der Waals surface area contributed by atoms with Gasteiger partial charge >= 0.3 is 11.9 Å². The molecule has 8 nitrogen and oxygen atoms in total. The molecule has 2 fully saturated rings. The van der Waals surface area contributed by atoms with Crippen molar-refractivity contribution in [2.75, 3.05) is 38.3 Å². The van der Waals surface area contributed by atoms with E-state index < -0.39 is 5.97 Å². The number of rotatable bonds is 5. The fourth-order valence-corrected chi connectivity index (χ4v) is 3.69. The number of likely N-dealkylation sites (tertiary alicyclic amines) is 1. The standard InChI is InChI=1S/C21H26N2O6/c1-28-20(26)16-9-12-22(13-10-16)19(25)14-29-21(27)15-5-7-17(8-6-15)23-11-3-2-4-18(23)24/h5-8,16H,2-4,9-14H2,1H3. The first-order valence-corrected chi connectivity index (χ1v) is 9.92. The topological polar surface area (TPSA) is 93.2 Å². The Morgan fingerprint density at radius 2 is 1.72 bits per heavy atom. The van der Waals surface area contributed by atoms with Gasteiger partial charge in [0.1, 0.15) is 0 Å². The molecule has 0 spiro atoms. The van der Waals surface area contributed by atoms with Crippen LogP contribution in [0.3, 0.4) is 0 Å². The van der Waals surface area contributed by atoms with Crippen LogP contribution in [0.1, 0.15) is 42.5 Å². The number of ether oxygens (including phenoxy) is 2. The van der Waals surface area contributed by atoms with Crippen LogP contribution in [0.25, 0.3) is 0 Å². The number of benzene rings is 1. The molecule has 0 bridgehead atoms. The Morgan fingerprint density at radius 3 is 2.34 bits per heavy atom. The molecule has 2 saturated heterocycles. The minimum atomic E-state index is -0.584. The van der Waals surface area contributed by atoms with Crippen molar-refractivity contribution in [2.45, 2.75) is 32.1 Å². The summed E-state index contributed by atoms with van der Waals surface area (Å²) in [4.78, 5) is 51.3. The molecule has 29 heavy (non-hydrogen) atoms. The first kappa shape index (κ1) is 20.8. The van der Waals surface area contributed by atoms with Crippen molar-refractivity contribution in [1.82, 2.24) is 4.90 Å². The van der Waals surface area contributed by atoms with E-state index in [0.29, 0.717) is 44.5 Å².